The number of fused-ring (bicyclic) bond motifs is 1. The van der Waals surface area contributed by atoms with Crippen molar-refractivity contribution in [2.75, 3.05) is 0 Å². The second-order valence-electron chi connectivity index (χ2n) is 5.00. The van der Waals surface area contributed by atoms with Gasteiger partial charge in [0.15, 0.2) is 5.65 Å². The molecule has 0 aromatic carbocycles. The Morgan fingerprint density at radius 3 is 2.69 bits per heavy atom. The average molecular weight is 256 g/mol. The Hall–Kier alpha value is -0.800. The van der Waals surface area contributed by atoms with Crippen LogP contribution in [0.2, 0.25) is 10.2 Å². The number of H-pyrrole nitrogens is 1. The van der Waals surface area contributed by atoms with Crippen LogP contribution in [-0.4, -0.2) is 15.0 Å². The molecule has 0 aliphatic heterocycles. The Morgan fingerprint density at radius 2 is 2.06 bits per heavy atom. The van der Waals surface area contributed by atoms with Crippen LogP contribution in [-0.2, 0) is 0 Å². The van der Waals surface area contributed by atoms with Crippen molar-refractivity contribution in [1.29, 1.82) is 0 Å². The van der Waals surface area contributed by atoms with Crippen molar-refractivity contribution in [3.8, 4) is 0 Å². The third-order valence-electron chi connectivity index (χ3n) is 3.25. The molecule has 1 atom stereocenters. The summed E-state index contributed by atoms with van der Waals surface area (Å²) in [4.78, 5) is 11.9. The van der Waals surface area contributed by atoms with Gasteiger partial charge in [0.1, 0.15) is 11.0 Å². The maximum absolute atomic E-state index is 5.91. The predicted molar refractivity (Wildman–Crippen MR) is 65.0 cm³/mol. The van der Waals surface area contributed by atoms with Gasteiger partial charge in [0, 0.05) is 5.92 Å². The number of hydrogen-bond donors (Lipinski definition) is 1. The van der Waals surface area contributed by atoms with E-state index in [9.17, 15) is 0 Å². The number of imidazole rings is 1. The standard InChI is InChI=1S/C11H11Cl2N3/c1-11(2)4-5(11)9-14-7-3-6(12)8(13)15-10(7)16-9/h3,5H,4H2,1-2H3,(H,14,15,16). The fourth-order valence-electron chi connectivity index (χ4n) is 2.01. The molecule has 1 N–H and O–H groups in total. The molecule has 3 nitrogen and oxygen atoms in total. The summed E-state index contributed by atoms with van der Waals surface area (Å²) in [6.07, 6.45) is 1.16. The van der Waals surface area contributed by atoms with Crippen LogP contribution in [0.15, 0.2) is 6.07 Å². The molecular formula is C11H11Cl2N3. The third kappa shape index (κ3) is 1.50. The van der Waals surface area contributed by atoms with Gasteiger partial charge in [-0.25, -0.2) is 9.97 Å². The minimum absolute atomic E-state index is 0.308. The van der Waals surface area contributed by atoms with Crippen LogP contribution in [0.3, 0.4) is 0 Å². The molecule has 0 bridgehead atoms. The summed E-state index contributed by atoms with van der Waals surface area (Å²) in [6.45, 7) is 4.47. The van der Waals surface area contributed by atoms with Gasteiger partial charge >= 0.3 is 0 Å². The van der Waals surface area contributed by atoms with Crippen molar-refractivity contribution >= 4 is 34.4 Å². The molecule has 2 aromatic rings. The molecule has 1 unspecified atom stereocenters. The first-order chi connectivity index (χ1) is 7.47. The molecule has 3 rings (SSSR count). The first kappa shape index (κ1) is 10.4. The Kier molecular flexibility index (Phi) is 2.01. The maximum atomic E-state index is 5.91. The van der Waals surface area contributed by atoms with Crippen LogP contribution in [0.5, 0.6) is 0 Å². The molecule has 0 spiro atoms. The van der Waals surface area contributed by atoms with Crippen molar-refractivity contribution in [1.82, 2.24) is 15.0 Å². The second kappa shape index (κ2) is 3.11. The fourth-order valence-corrected chi connectivity index (χ4v) is 2.30. The molecule has 1 saturated carbocycles. The van der Waals surface area contributed by atoms with E-state index in [1.807, 2.05) is 0 Å². The number of hydrogen-bond acceptors (Lipinski definition) is 2. The first-order valence-corrected chi connectivity index (χ1v) is 5.94. The minimum atomic E-state index is 0.308. The highest BCUT2D eigenvalue weighted by Gasteiger charge is 2.48. The summed E-state index contributed by atoms with van der Waals surface area (Å²) >= 11 is 11.8. The molecule has 0 amide bonds. The lowest BCUT2D eigenvalue weighted by Gasteiger charge is -1.97. The van der Waals surface area contributed by atoms with E-state index in [0.717, 1.165) is 17.8 Å². The average Bonchev–Trinajstić information content (AvgIpc) is 2.66. The van der Waals surface area contributed by atoms with Crippen molar-refractivity contribution in [3.05, 3.63) is 22.1 Å². The molecule has 1 fully saturated rings. The highest BCUT2D eigenvalue weighted by atomic mass is 35.5. The van der Waals surface area contributed by atoms with Gasteiger partial charge in [-0.1, -0.05) is 37.0 Å². The van der Waals surface area contributed by atoms with Gasteiger partial charge in [0.25, 0.3) is 0 Å². The number of rotatable bonds is 1. The second-order valence-corrected chi connectivity index (χ2v) is 5.76. The molecule has 16 heavy (non-hydrogen) atoms. The van der Waals surface area contributed by atoms with Gasteiger partial charge in [-0.3, -0.25) is 0 Å². The number of halogens is 2. The Bertz CT molecular complexity index is 535. The minimum Gasteiger partial charge on any atom is -0.340 e. The van der Waals surface area contributed by atoms with E-state index in [0.29, 0.717) is 27.2 Å². The molecule has 2 heterocycles. The highest BCUT2D eigenvalue weighted by molar-refractivity contribution is 6.41. The Balaban J connectivity index is 2.10. The van der Waals surface area contributed by atoms with Gasteiger partial charge < -0.3 is 4.98 Å². The summed E-state index contributed by atoms with van der Waals surface area (Å²) in [5, 5.41) is 0.765. The lowest BCUT2D eigenvalue weighted by Crippen LogP contribution is -1.91. The van der Waals surface area contributed by atoms with E-state index in [1.54, 1.807) is 6.07 Å². The van der Waals surface area contributed by atoms with E-state index in [1.165, 1.54) is 0 Å². The molecule has 0 saturated heterocycles. The number of aromatic nitrogens is 3. The maximum Gasteiger partial charge on any atom is 0.179 e. The quantitative estimate of drug-likeness (QED) is 0.789. The van der Waals surface area contributed by atoms with Crippen LogP contribution in [0.1, 0.15) is 32.0 Å². The Labute approximate surface area is 103 Å². The predicted octanol–water partition coefficient (Wildman–Crippen LogP) is 3.78. The third-order valence-corrected chi connectivity index (χ3v) is 3.92. The van der Waals surface area contributed by atoms with E-state index in [2.05, 4.69) is 28.8 Å². The topological polar surface area (TPSA) is 41.6 Å². The normalized spacial score (nSPS) is 22.6. The van der Waals surface area contributed by atoms with Crippen LogP contribution >= 0.6 is 23.2 Å². The van der Waals surface area contributed by atoms with Crippen molar-refractivity contribution in [3.63, 3.8) is 0 Å². The number of nitrogens with zero attached hydrogens (tertiary/aromatic N) is 2. The summed E-state index contributed by atoms with van der Waals surface area (Å²) < 4.78 is 0. The SMILES string of the molecule is CC1(C)CC1c1nc2nc(Cl)c(Cl)cc2[nH]1. The van der Waals surface area contributed by atoms with Crippen LogP contribution in [0, 0.1) is 5.41 Å². The zero-order valence-corrected chi connectivity index (χ0v) is 10.5. The van der Waals surface area contributed by atoms with E-state index < -0.39 is 0 Å². The highest BCUT2D eigenvalue weighted by Crippen LogP contribution is 2.57. The molecular weight excluding hydrogens is 245 g/mol. The largest absolute Gasteiger partial charge is 0.340 e. The van der Waals surface area contributed by atoms with Gasteiger partial charge in [-0.15, -0.1) is 0 Å². The zero-order valence-electron chi connectivity index (χ0n) is 9.01. The lowest BCUT2D eigenvalue weighted by atomic mass is 10.1. The van der Waals surface area contributed by atoms with Crippen LogP contribution in [0.4, 0.5) is 0 Å². The monoisotopic (exact) mass is 255 g/mol. The van der Waals surface area contributed by atoms with Crippen LogP contribution in [0.25, 0.3) is 11.2 Å². The van der Waals surface area contributed by atoms with Crippen molar-refractivity contribution in [2.45, 2.75) is 26.2 Å². The van der Waals surface area contributed by atoms with Crippen molar-refractivity contribution in [2.24, 2.45) is 5.41 Å². The summed E-state index contributed by atoms with van der Waals surface area (Å²) in [5.41, 5.74) is 1.85. The zero-order chi connectivity index (χ0) is 11.5. The number of pyridine rings is 1. The smallest absolute Gasteiger partial charge is 0.179 e. The number of aromatic amines is 1. The fraction of sp³-hybridized carbons (Fsp3) is 0.455. The number of nitrogens with one attached hydrogen (secondary N) is 1. The van der Waals surface area contributed by atoms with Gasteiger partial charge in [-0.2, -0.15) is 0 Å². The summed E-state index contributed by atoms with van der Waals surface area (Å²) in [7, 11) is 0. The molecule has 0 radical (unpaired) electrons. The molecule has 5 heteroatoms. The summed E-state index contributed by atoms with van der Waals surface area (Å²) in [5.74, 6) is 1.49. The molecule has 1 aliphatic rings. The molecule has 84 valence electrons. The van der Waals surface area contributed by atoms with Gasteiger partial charge in [0.05, 0.1) is 10.5 Å². The van der Waals surface area contributed by atoms with E-state index in [-0.39, 0.29) is 0 Å². The lowest BCUT2D eigenvalue weighted by molar-refractivity contribution is 0.611. The Morgan fingerprint density at radius 1 is 1.38 bits per heavy atom. The van der Waals surface area contributed by atoms with Crippen LogP contribution < -0.4 is 0 Å². The van der Waals surface area contributed by atoms with E-state index >= 15 is 0 Å². The van der Waals surface area contributed by atoms with E-state index in [4.69, 9.17) is 23.2 Å². The molecule has 1 aliphatic carbocycles. The van der Waals surface area contributed by atoms with Crippen molar-refractivity contribution < 1.29 is 0 Å². The molecule has 2 aromatic heterocycles. The van der Waals surface area contributed by atoms with Gasteiger partial charge in [0.2, 0.25) is 0 Å². The van der Waals surface area contributed by atoms with Gasteiger partial charge in [-0.05, 0) is 17.9 Å². The first-order valence-electron chi connectivity index (χ1n) is 5.19. The summed E-state index contributed by atoms with van der Waals surface area (Å²) in [6, 6.07) is 1.78.